The van der Waals surface area contributed by atoms with Crippen molar-refractivity contribution in [3.63, 3.8) is 0 Å². The first-order chi connectivity index (χ1) is 12.1. The SMILES string of the molecule is CC(=O)NCC1CCCCN1CC(=O)NC1C2CC3CC(C2)CC1C3. The minimum Gasteiger partial charge on any atom is -0.355 e. The van der Waals surface area contributed by atoms with Crippen molar-refractivity contribution in [3.8, 4) is 0 Å². The fourth-order valence-corrected chi connectivity index (χ4v) is 6.34. The maximum absolute atomic E-state index is 12.7. The van der Waals surface area contributed by atoms with Crippen molar-refractivity contribution in [2.45, 2.75) is 70.4 Å². The standard InChI is InChI=1S/C20H33N3O2/c1-13(24)21-11-18-4-2-3-5-23(18)12-19(25)22-20-16-7-14-6-15(9-16)10-17(20)8-14/h14-18,20H,2-12H2,1H3,(H,21,24)(H,22,25). The minimum atomic E-state index is 0.0172. The van der Waals surface area contributed by atoms with Crippen LogP contribution in [0.1, 0.15) is 58.3 Å². The fraction of sp³-hybridized carbons (Fsp3) is 0.900. The number of carbonyl (C=O) groups excluding carboxylic acids is 2. The Labute approximate surface area is 151 Å². The van der Waals surface area contributed by atoms with Crippen molar-refractivity contribution in [2.75, 3.05) is 19.6 Å². The van der Waals surface area contributed by atoms with Crippen molar-refractivity contribution >= 4 is 11.8 Å². The van der Waals surface area contributed by atoms with Crippen LogP contribution in [0.25, 0.3) is 0 Å². The lowest BCUT2D eigenvalue weighted by Gasteiger charge is -2.54. The molecule has 0 aromatic carbocycles. The van der Waals surface area contributed by atoms with Crippen LogP contribution < -0.4 is 10.6 Å². The summed E-state index contributed by atoms with van der Waals surface area (Å²) in [7, 11) is 0. The molecule has 4 bridgehead atoms. The molecule has 0 spiro atoms. The lowest BCUT2D eigenvalue weighted by atomic mass is 9.54. The van der Waals surface area contributed by atoms with Crippen LogP contribution in [-0.4, -0.2) is 48.4 Å². The normalized spacial score (nSPS) is 40.0. The van der Waals surface area contributed by atoms with E-state index in [1.807, 2.05) is 0 Å². The van der Waals surface area contributed by atoms with Gasteiger partial charge in [0.2, 0.25) is 11.8 Å². The third-order valence-corrected chi connectivity index (χ3v) is 7.24. The van der Waals surface area contributed by atoms with Gasteiger partial charge in [0.25, 0.3) is 0 Å². The van der Waals surface area contributed by atoms with Crippen LogP contribution in [0.5, 0.6) is 0 Å². The first-order valence-corrected chi connectivity index (χ1v) is 10.4. The van der Waals surface area contributed by atoms with Crippen LogP contribution in [0.4, 0.5) is 0 Å². The van der Waals surface area contributed by atoms with Gasteiger partial charge in [-0.15, -0.1) is 0 Å². The molecule has 1 heterocycles. The Kier molecular flexibility index (Phi) is 5.03. The van der Waals surface area contributed by atoms with Gasteiger partial charge < -0.3 is 10.6 Å². The Bertz CT molecular complexity index is 493. The zero-order valence-electron chi connectivity index (χ0n) is 15.5. The molecule has 0 aromatic heterocycles. The highest BCUT2D eigenvalue weighted by Crippen LogP contribution is 2.53. The highest BCUT2D eigenvalue weighted by molar-refractivity contribution is 5.78. The van der Waals surface area contributed by atoms with Gasteiger partial charge in [0.05, 0.1) is 6.54 Å². The molecular formula is C20H33N3O2. The Morgan fingerprint density at radius 2 is 1.68 bits per heavy atom. The Hall–Kier alpha value is -1.10. The minimum absolute atomic E-state index is 0.0172. The molecule has 0 radical (unpaired) electrons. The Balaban J connectivity index is 1.31. The van der Waals surface area contributed by atoms with Crippen LogP contribution in [0, 0.1) is 23.7 Å². The van der Waals surface area contributed by atoms with E-state index in [0.29, 0.717) is 25.2 Å². The smallest absolute Gasteiger partial charge is 0.234 e. The topological polar surface area (TPSA) is 61.4 Å². The number of likely N-dealkylation sites (tertiary alicyclic amines) is 1. The van der Waals surface area contributed by atoms with Crippen molar-refractivity contribution in [1.82, 2.24) is 15.5 Å². The summed E-state index contributed by atoms with van der Waals surface area (Å²) in [5.74, 6) is 3.57. The van der Waals surface area contributed by atoms with Gasteiger partial charge in [-0.2, -0.15) is 0 Å². The average molecular weight is 348 g/mol. The van der Waals surface area contributed by atoms with Crippen molar-refractivity contribution < 1.29 is 9.59 Å². The summed E-state index contributed by atoms with van der Waals surface area (Å²) in [6.45, 7) is 3.69. The van der Waals surface area contributed by atoms with Gasteiger partial charge in [0.1, 0.15) is 0 Å². The van der Waals surface area contributed by atoms with Crippen molar-refractivity contribution in [2.24, 2.45) is 23.7 Å². The number of rotatable bonds is 5. The van der Waals surface area contributed by atoms with Crippen LogP contribution in [0.3, 0.4) is 0 Å². The molecule has 0 aromatic rings. The van der Waals surface area contributed by atoms with Crippen molar-refractivity contribution in [3.05, 3.63) is 0 Å². The number of hydrogen-bond acceptors (Lipinski definition) is 3. The molecule has 5 nitrogen and oxygen atoms in total. The molecule has 5 rings (SSSR count). The van der Waals surface area contributed by atoms with E-state index in [1.54, 1.807) is 6.92 Å². The predicted molar refractivity (Wildman–Crippen MR) is 96.9 cm³/mol. The summed E-state index contributed by atoms with van der Waals surface area (Å²) < 4.78 is 0. The number of nitrogens with zero attached hydrogens (tertiary/aromatic N) is 1. The van der Waals surface area contributed by atoms with Gasteiger partial charge in [-0.1, -0.05) is 6.42 Å². The first kappa shape index (κ1) is 17.3. The highest BCUT2D eigenvalue weighted by Gasteiger charge is 2.48. The molecular weight excluding hydrogens is 314 g/mol. The number of carbonyl (C=O) groups is 2. The molecule has 5 aliphatic rings. The third kappa shape index (κ3) is 3.86. The number of piperidine rings is 1. The maximum atomic E-state index is 12.7. The molecule has 1 aliphatic heterocycles. The van der Waals surface area contributed by atoms with Gasteiger partial charge in [-0.3, -0.25) is 14.5 Å². The Morgan fingerprint density at radius 3 is 2.32 bits per heavy atom. The summed E-state index contributed by atoms with van der Waals surface area (Å²) in [4.78, 5) is 26.2. The molecule has 1 unspecified atom stereocenters. The van der Waals surface area contributed by atoms with E-state index >= 15 is 0 Å². The Morgan fingerprint density at radius 1 is 1.00 bits per heavy atom. The van der Waals surface area contributed by atoms with Crippen LogP contribution in [0.2, 0.25) is 0 Å². The molecule has 1 atom stereocenters. The van der Waals surface area contributed by atoms with E-state index in [2.05, 4.69) is 15.5 Å². The lowest BCUT2D eigenvalue weighted by molar-refractivity contribution is -0.127. The van der Waals surface area contributed by atoms with Gasteiger partial charge in [-0.25, -0.2) is 0 Å². The molecule has 2 amide bonds. The monoisotopic (exact) mass is 347 g/mol. The van der Waals surface area contributed by atoms with Crippen LogP contribution >= 0.6 is 0 Å². The van der Waals surface area contributed by atoms with E-state index in [9.17, 15) is 9.59 Å². The first-order valence-electron chi connectivity index (χ1n) is 10.4. The lowest BCUT2D eigenvalue weighted by Crippen LogP contribution is -2.58. The molecule has 4 aliphatic carbocycles. The van der Waals surface area contributed by atoms with E-state index < -0.39 is 0 Å². The second-order valence-corrected chi connectivity index (χ2v) is 9.08. The molecule has 4 saturated carbocycles. The second kappa shape index (κ2) is 7.26. The summed E-state index contributed by atoms with van der Waals surface area (Å²) in [5, 5.41) is 6.36. The molecule has 140 valence electrons. The second-order valence-electron chi connectivity index (χ2n) is 9.08. The zero-order chi connectivity index (χ0) is 17.4. The largest absolute Gasteiger partial charge is 0.355 e. The zero-order valence-corrected chi connectivity index (χ0v) is 15.5. The predicted octanol–water partition coefficient (Wildman–Crippen LogP) is 1.92. The van der Waals surface area contributed by atoms with Crippen LogP contribution in [-0.2, 0) is 9.59 Å². The molecule has 5 fully saturated rings. The molecule has 25 heavy (non-hydrogen) atoms. The summed E-state index contributed by atoms with van der Waals surface area (Å²) in [6, 6.07) is 0.737. The van der Waals surface area contributed by atoms with Crippen molar-refractivity contribution in [1.29, 1.82) is 0 Å². The molecule has 2 N–H and O–H groups in total. The van der Waals surface area contributed by atoms with E-state index in [0.717, 1.165) is 43.1 Å². The third-order valence-electron chi connectivity index (χ3n) is 7.24. The van der Waals surface area contributed by atoms with Crippen LogP contribution in [0.15, 0.2) is 0 Å². The van der Waals surface area contributed by atoms with Gasteiger partial charge in [-0.05, 0) is 75.2 Å². The summed E-state index contributed by atoms with van der Waals surface area (Å²) in [6.07, 6.45) is 10.2. The molecule has 1 saturated heterocycles. The van der Waals surface area contributed by atoms with Gasteiger partial charge in [0, 0.05) is 25.6 Å². The summed E-state index contributed by atoms with van der Waals surface area (Å²) in [5.41, 5.74) is 0. The summed E-state index contributed by atoms with van der Waals surface area (Å²) >= 11 is 0. The quantitative estimate of drug-likeness (QED) is 0.799. The maximum Gasteiger partial charge on any atom is 0.234 e. The van der Waals surface area contributed by atoms with E-state index in [1.165, 1.54) is 38.5 Å². The number of amides is 2. The number of hydrogen-bond donors (Lipinski definition) is 2. The number of nitrogens with one attached hydrogen (secondary N) is 2. The van der Waals surface area contributed by atoms with Gasteiger partial charge >= 0.3 is 0 Å². The highest BCUT2D eigenvalue weighted by atomic mass is 16.2. The molecule has 5 heteroatoms. The van der Waals surface area contributed by atoms with E-state index in [-0.39, 0.29) is 11.8 Å². The van der Waals surface area contributed by atoms with Gasteiger partial charge in [0.15, 0.2) is 0 Å². The van der Waals surface area contributed by atoms with E-state index in [4.69, 9.17) is 0 Å². The fourth-order valence-electron chi connectivity index (χ4n) is 6.34. The average Bonchev–Trinajstić information content (AvgIpc) is 2.56.